The largest absolute Gasteiger partial charge is 0.288 e. The minimum atomic E-state index is -0.154. The van der Waals surface area contributed by atoms with Crippen LogP contribution in [0, 0.1) is 0 Å². The highest BCUT2D eigenvalue weighted by Crippen LogP contribution is 2.39. The lowest BCUT2D eigenvalue weighted by molar-refractivity contribution is 1.44. The van der Waals surface area contributed by atoms with Gasteiger partial charge in [-0.05, 0) is 18.2 Å². The van der Waals surface area contributed by atoms with E-state index in [4.69, 9.17) is 23.2 Å². The molecule has 1 heterocycles. The van der Waals surface area contributed by atoms with Crippen LogP contribution in [0.25, 0.3) is 31.6 Å². The Bertz CT molecular complexity index is 1040. The molecule has 0 amide bonds. The Labute approximate surface area is 133 Å². The fourth-order valence-electron chi connectivity index (χ4n) is 2.43. The molecule has 0 saturated carbocycles. The Morgan fingerprint density at radius 3 is 2.57 bits per heavy atom. The zero-order chi connectivity index (χ0) is 14.6. The third kappa shape index (κ3) is 1.93. The number of aromatic nitrogens is 1. The molecule has 2 nitrogen and oxygen atoms in total. The first-order chi connectivity index (χ1) is 10.1. The molecule has 0 N–H and O–H groups in total. The van der Waals surface area contributed by atoms with Gasteiger partial charge in [-0.25, -0.2) is 4.98 Å². The number of nitrogens with zero attached hydrogens (tertiary/aromatic N) is 1. The lowest BCUT2D eigenvalue weighted by Crippen LogP contribution is -2.05. The van der Waals surface area contributed by atoms with Gasteiger partial charge in [-0.2, -0.15) is 0 Å². The highest BCUT2D eigenvalue weighted by molar-refractivity contribution is 7.22. The summed E-state index contributed by atoms with van der Waals surface area (Å²) in [6, 6.07) is 12.9. The lowest BCUT2D eigenvalue weighted by atomic mass is 10.1. The van der Waals surface area contributed by atoms with E-state index in [0.29, 0.717) is 15.3 Å². The van der Waals surface area contributed by atoms with Gasteiger partial charge in [-0.15, -0.1) is 11.3 Å². The molecule has 1 aliphatic heterocycles. The van der Waals surface area contributed by atoms with Crippen molar-refractivity contribution in [2.45, 2.75) is 0 Å². The lowest BCUT2D eigenvalue weighted by Gasteiger charge is -2.11. The van der Waals surface area contributed by atoms with Crippen molar-refractivity contribution in [3.63, 3.8) is 0 Å². The summed E-state index contributed by atoms with van der Waals surface area (Å²) in [5.41, 5.74) is 1.45. The highest BCUT2D eigenvalue weighted by Gasteiger charge is 2.19. The van der Waals surface area contributed by atoms with Crippen molar-refractivity contribution < 1.29 is 0 Å². The molecule has 4 rings (SSSR count). The van der Waals surface area contributed by atoms with Crippen LogP contribution in [0.1, 0.15) is 0 Å². The molecule has 0 fully saturated rings. The molecule has 102 valence electrons. The minimum Gasteiger partial charge on any atom is -0.288 e. The fourth-order valence-corrected chi connectivity index (χ4v) is 4.03. The predicted octanol–water partition coefficient (Wildman–Crippen LogP) is 5.22. The summed E-state index contributed by atoms with van der Waals surface area (Å²) >= 11 is 13.7. The van der Waals surface area contributed by atoms with Crippen molar-refractivity contribution in [3.05, 3.63) is 62.7 Å². The number of benzene rings is 3. The Morgan fingerprint density at radius 1 is 1.00 bits per heavy atom. The second-order valence-electron chi connectivity index (χ2n) is 4.69. The molecule has 5 heteroatoms. The molecule has 1 aliphatic carbocycles. The van der Waals surface area contributed by atoms with Crippen molar-refractivity contribution in [3.8, 4) is 10.6 Å². The van der Waals surface area contributed by atoms with Crippen molar-refractivity contribution in [1.82, 2.24) is 4.98 Å². The normalized spacial score (nSPS) is 11.5. The Hall–Kier alpha value is -1.68. The van der Waals surface area contributed by atoms with E-state index < -0.39 is 0 Å². The third-order valence-electron chi connectivity index (χ3n) is 3.41. The average Bonchev–Trinajstić information content (AvgIpc) is 2.51. The first-order valence-corrected chi connectivity index (χ1v) is 7.83. The average molecular weight is 332 g/mol. The van der Waals surface area contributed by atoms with E-state index in [1.165, 1.54) is 11.3 Å². The Morgan fingerprint density at radius 2 is 1.76 bits per heavy atom. The minimum absolute atomic E-state index is 0.154. The topological polar surface area (TPSA) is 30.0 Å². The maximum atomic E-state index is 12.4. The number of hydrogen-bond donors (Lipinski definition) is 0. The third-order valence-corrected chi connectivity index (χ3v) is 5.26. The van der Waals surface area contributed by atoms with Gasteiger partial charge in [-0.1, -0.05) is 47.5 Å². The molecular weight excluding hydrogens is 325 g/mol. The Kier molecular flexibility index (Phi) is 2.89. The SMILES string of the molecule is O=c1c(Cl)c2sc3cc(Cl)ccc3nc-2c2ccccc12. The van der Waals surface area contributed by atoms with Crippen LogP contribution in [0.2, 0.25) is 10.0 Å². The number of hydrogen-bond acceptors (Lipinski definition) is 3. The molecular formula is C16H7Cl2NOS. The molecule has 0 spiro atoms. The molecule has 0 aromatic heterocycles. The summed E-state index contributed by atoms with van der Waals surface area (Å²) in [6.45, 7) is 0. The summed E-state index contributed by atoms with van der Waals surface area (Å²) in [7, 11) is 0. The predicted molar refractivity (Wildman–Crippen MR) is 90.0 cm³/mol. The van der Waals surface area contributed by atoms with E-state index in [1.54, 1.807) is 12.1 Å². The standard InChI is InChI=1S/C16H7Cl2NOS/c17-8-5-6-11-12(7-8)21-16-13(18)15(20)10-4-2-1-3-9(10)14(16)19-11/h1-7H. The maximum absolute atomic E-state index is 12.4. The van der Waals surface area contributed by atoms with Crippen molar-refractivity contribution in [2.24, 2.45) is 0 Å². The fraction of sp³-hybridized carbons (Fsp3) is 0. The van der Waals surface area contributed by atoms with Crippen LogP contribution < -0.4 is 5.43 Å². The van der Waals surface area contributed by atoms with Crippen LogP contribution in [0.15, 0.2) is 47.3 Å². The molecule has 0 radical (unpaired) electrons. The summed E-state index contributed by atoms with van der Waals surface area (Å²) in [4.78, 5) is 17.7. The highest BCUT2D eigenvalue weighted by atomic mass is 35.5. The summed E-state index contributed by atoms with van der Waals surface area (Å²) in [5.74, 6) is 0. The number of fused-ring (bicyclic) bond motifs is 4. The first kappa shape index (κ1) is 13.0. The van der Waals surface area contributed by atoms with Crippen LogP contribution in [0.4, 0.5) is 0 Å². The van der Waals surface area contributed by atoms with Crippen LogP contribution in [-0.2, 0) is 0 Å². The van der Waals surface area contributed by atoms with Crippen LogP contribution in [0.3, 0.4) is 0 Å². The van der Waals surface area contributed by atoms with Crippen molar-refractivity contribution >= 4 is 55.5 Å². The van der Waals surface area contributed by atoms with Gasteiger partial charge in [0.05, 0.1) is 20.8 Å². The van der Waals surface area contributed by atoms with Crippen LogP contribution in [-0.4, -0.2) is 4.98 Å². The zero-order valence-electron chi connectivity index (χ0n) is 10.6. The van der Waals surface area contributed by atoms with Gasteiger partial charge < -0.3 is 0 Å². The van der Waals surface area contributed by atoms with E-state index in [-0.39, 0.29) is 10.5 Å². The molecule has 0 unspecified atom stereocenters. The smallest absolute Gasteiger partial charge is 0.206 e. The monoisotopic (exact) mass is 331 g/mol. The van der Waals surface area contributed by atoms with Crippen LogP contribution >= 0.6 is 34.5 Å². The molecule has 2 aromatic rings. The summed E-state index contributed by atoms with van der Waals surface area (Å²) < 4.78 is 0.909. The molecule has 21 heavy (non-hydrogen) atoms. The van der Waals surface area contributed by atoms with Gasteiger partial charge in [-0.3, -0.25) is 4.79 Å². The van der Waals surface area contributed by atoms with Gasteiger partial charge >= 0.3 is 0 Å². The Balaban J connectivity index is 2.30. The second kappa shape index (κ2) is 4.67. The van der Waals surface area contributed by atoms with Crippen molar-refractivity contribution in [1.29, 1.82) is 0 Å². The molecule has 0 saturated heterocycles. The van der Waals surface area contributed by atoms with Gasteiger partial charge in [0.25, 0.3) is 0 Å². The molecule has 2 aliphatic rings. The quantitative estimate of drug-likeness (QED) is 0.326. The van der Waals surface area contributed by atoms with Gasteiger partial charge in [0.15, 0.2) is 0 Å². The number of halogens is 2. The van der Waals surface area contributed by atoms with E-state index in [2.05, 4.69) is 4.98 Å². The van der Waals surface area contributed by atoms with E-state index in [1.807, 2.05) is 30.3 Å². The van der Waals surface area contributed by atoms with E-state index >= 15 is 0 Å². The van der Waals surface area contributed by atoms with E-state index in [0.717, 1.165) is 21.3 Å². The molecule has 0 bridgehead atoms. The first-order valence-electron chi connectivity index (χ1n) is 6.25. The maximum Gasteiger partial charge on any atom is 0.206 e. The summed E-state index contributed by atoms with van der Waals surface area (Å²) in [6.07, 6.45) is 0. The number of rotatable bonds is 0. The summed E-state index contributed by atoms with van der Waals surface area (Å²) in [5, 5.41) is 2.29. The van der Waals surface area contributed by atoms with Gasteiger partial charge in [0.1, 0.15) is 5.02 Å². The van der Waals surface area contributed by atoms with Gasteiger partial charge in [0, 0.05) is 15.8 Å². The molecule has 0 atom stereocenters. The molecule has 2 aromatic carbocycles. The zero-order valence-corrected chi connectivity index (χ0v) is 12.9. The van der Waals surface area contributed by atoms with Gasteiger partial charge in [0.2, 0.25) is 5.43 Å². The van der Waals surface area contributed by atoms with Crippen molar-refractivity contribution in [2.75, 3.05) is 0 Å². The second-order valence-corrected chi connectivity index (χ2v) is 6.56. The van der Waals surface area contributed by atoms with Crippen LogP contribution in [0.5, 0.6) is 0 Å². The van der Waals surface area contributed by atoms with E-state index in [9.17, 15) is 4.79 Å².